The Bertz CT molecular complexity index is 1050. The number of esters is 1. The molecule has 27 heavy (non-hydrogen) atoms. The predicted molar refractivity (Wildman–Crippen MR) is 104 cm³/mol. The fourth-order valence-corrected chi connectivity index (χ4v) is 3.85. The first-order valence-corrected chi connectivity index (χ1v) is 9.32. The number of fused-ring (bicyclic) bond motifs is 1. The van der Waals surface area contributed by atoms with E-state index < -0.39 is 5.97 Å². The number of para-hydroxylation sites is 1. The van der Waals surface area contributed by atoms with Crippen molar-refractivity contribution in [2.45, 2.75) is 20.4 Å². The molecule has 1 aromatic heterocycles. The second kappa shape index (κ2) is 8.18. The highest BCUT2D eigenvalue weighted by molar-refractivity contribution is 7.16. The lowest BCUT2D eigenvalue weighted by Gasteiger charge is -2.06. The van der Waals surface area contributed by atoms with Gasteiger partial charge in [-0.05, 0) is 49.7 Å². The quantitative estimate of drug-likeness (QED) is 0.633. The first kappa shape index (κ1) is 18.8. The number of methoxy groups -OCH3 is 1. The van der Waals surface area contributed by atoms with Crippen molar-refractivity contribution in [2.24, 2.45) is 4.99 Å². The van der Waals surface area contributed by atoms with Crippen LogP contribution in [0.15, 0.2) is 47.5 Å². The van der Waals surface area contributed by atoms with E-state index in [2.05, 4.69) is 4.99 Å². The van der Waals surface area contributed by atoms with Crippen LogP contribution in [-0.2, 0) is 16.1 Å². The summed E-state index contributed by atoms with van der Waals surface area (Å²) in [5.74, 6) is -0.0684. The van der Waals surface area contributed by atoms with Crippen molar-refractivity contribution in [3.8, 4) is 5.75 Å². The summed E-state index contributed by atoms with van der Waals surface area (Å²) in [7, 11) is 1.34. The highest BCUT2D eigenvalue weighted by Gasteiger charge is 2.14. The van der Waals surface area contributed by atoms with Gasteiger partial charge in [-0.1, -0.05) is 23.5 Å². The molecule has 0 saturated carbocycles. The fourth-order valence-electron chi connectivity index (χ4n) is 2.74. The summed E-state index contributed by atoms with van der Waals surface area (Å²) in [6.07, 6.45) is 0. The Kier molecular flexibility index (Phi) is 5.71. The summed E-state index contributed by atoms with van der Waals surface area (Å²) in [5, 5.41) is 0. The Morgan fingerprint density at radius 3 is 2.56 bits per heavy atom. The molecule has 3 aromatic rings. The topological polar surface area (TPSA) is 69.9 Å². The van der Waals surface area contributed by atoms with E-state index in [-0.39, 0.29) is 12.5 Å². The molecule has 0 N–H and O–H groups in total. The van der Waals surface area contributed by atoms with Crippen LogP contribution >= 0.6 is 11.3 Å². The predicted octanol–water partition coefficient (Wildman–Crippen LogP) is 3.32. The Morgan fingerprint density at radius 2 is 1.89 bits per heavy atom. The first-order chi connectivity index (χ1) is 13.0. The highest BCUT2D eigenvalue weighted by Crippen LogP contribution is 2.21. The Hall–Kier alpha value is -2.93. The summed E-state index contributed by atoms with van der Waals surface area (Å²) in [6.45, 7) is 4.42. The second-order valence-electron chi connectivity index (χ2n) is 5.84. The number of thiazole rings is 1. The monoisotopic (exact) mass is 384 g/mol. The largest absolute Gasteiger partial charge is 0.494 e. The van der Waals surface area contributed by atoms with Gasteiger partial charge in [0.05, 0.1) is 23.9 Å². The molecule has 0 saturated heterocycles. The van der Waals surface area contributed by atoms with Crippen LogP contribution in [0.1, 0.15) is 22.8 Å². The summed E-state index contributed by atoms with van der Waals surface area (Å²) >= 11 is 1.37. The van der Waals surface area contributed by atoms with Gasteiger partial charge in [-0.15, -0.1) is 0 Å². The number of amides is 1. The van der Waals surface area contributed by atoms with Crippen molar-refractivity contribution in [1.82, 2.24) is 4.57 Å². The maximum absolute atomic E-state index is 12.6. The van der Waals surface area contributed by atoms with Gasteiger partial charge in [0.15, 0.2) is 4.80 Å². The lowest BCUT2D eigenvalue weighted by atomic mass is 10.2. The molecule has 7 heteroatoms. The number of rotatable bonds is 5. The lowest BCUT2D eigenvalue weighted by molar-refractivity contribution is -0.141. The number of ether oxygens (including phenoxy) is 2. The molecule has 1 heterocycles. The van der Waals surface area contributed by atoms with Gasteiger partial charge in [0.1, 0.15) is 12.3 Å². The van der Waals surface area contributed by atoms with Crippen LogP contribution in [0.25, 0.3) is 10.2 Å². The normalized spacial score (nSPS) is 11.6. The maximum Gasteiger partial charge on any atom is 0.325 e. The molecule has 0 spiro atoms. The van der Waals surface area contributed by atoms with E-state index in [1.165, 1.54) is 18.4 Å². The highest BCUT2D eigenvalue weighted by atomic mass is 32.1. The Labute approximate surface area is 160 Å². The van der Waals surface area contributed by atoms with Gasteiger partial charge in [-0.2, -0.15) is 4.99 Å². The molecule has 2 aromatic carbocycles. The van der Waals surface area contributed by atoms with Gasteiger partial charge in [0.2, 0.25) is 0 Å². The number of nitrogens with zero attached hydrogens (tertiary/aromatic N) is 2. The van der Waals surface area contributed by atoms with E-state index >= 15 is 0 Å². The summed E-state index contributed by atoms with van der Waals surface area (Å²) in [6, 6.07) is 12.7. The smallest absolute Gasteiger partial charge is 0.325 e. The number of benzene rings is 2. The number of carbonyl (C=O) groups is 2. The van der Waals surface area contributed by atoms with Crippen molar-refractivity contribution in [2.75, 3.05) is 13.7 Å². The van der Waals surface area contributed by atoms with Crippen molar-refractivity contribution in [1.29, 1.82) is 0 Å². The zero-order chi connectivity index (χ0) is 19.4. The third kappa shape index (κ3) is 4.09. The van der Waals surface area contributed by atoms with Gasteiger partial charge in [-0.3, -0.25) is 9.59 Å². The van der Waals surface area contributed by atoms with Crippen molar-refractivity contribution in [3.05, 3.63) is 58.4 Å². The van der Waals surface area contributed by atoms with Crippen molar-refractivity contribution in [3.63, 3.8) is 0 Å². The van der Waals surface area contributed by atoms with E-state index in [0.717, 1.165) is 15.8 Å². The molecule has 0 aliphatic rings. The molecule has 6 nitrogen and oxygen atoms in total. The molecule has 140 valence electrons. The van der Waals surface area contributed by atoms with Gasteiger partial charge in [0, 0.05) is 5.56 Å². The molecule has 0 atom stereocenters. The molecule has 0 aliphatic carbocycles. The van der Waals surface area contributed by atoms with Crippen LogP contribution in [0.5, 0.6) is 5.75 Å². The first-order valence-electron chi connectivity index (χ1n) is 8.51. The Morgan fingerprint density at radius 1 is 1.15 bits per heavy atom. The standard InChI is InChI=1S/C20H20N2O4S/c1-4-26-15-10-8-14(9-11-15)19(24)21-20-22(12-17(23)25-3)18-13(2)6-5-7-16(18)27-20/h5-11H,4,12H2,1-3H3. The maximum atomic E-state index is 12.6. The van der Waals surface area contributed by atoms with Gasteiger partial charge in [0.25, 0.3) is 5.91 Å². The molecule has 3 rings (SSSR count). The zero-order valence-corrected chi connectivity index (χ0v) is 16.2. The summed E-state index contributed by atoms with van der Waals surface area (Å²) in [5.41, 5.74) is 2.34. The minimum absolute atomic E-state index is 0.00323. The van der Waals surface area contributed by atoms with Crippen LogP contribution in [0.4, 0.5) is 0 Å². The van der Waals surface area contributed by atoms with Crippen LogP contribution in [0.3, 0.4) is 0 Å². The number of aromatic nitrogens is 1. The van der Waals surface area contributed by atoms with Crippen LogP contribution in [-0.4, -0.2) is 30.2 Å². The number of hydrogen-bond donors (Lipinski definition) is 0. The molecular weight excluding hydrogens is 364 g/mol. The molecule has 0 bridgehead atoms. The zero-order valence-electron chi connectivity index (χ0n) is 15.4. The molecule has 0 radical (unpaired) electrons. The number of aryl methyl sites for hydroxylation is 1. The SMILES string of the molecule is CCOc1ccc(C(=O)N=c2sc3cccc(C)c3n2CC(=O)OC)cc1. The third-order valence-corrected chi connectivity index (χ3v) is 5.07. The average molecular weight is 384 g/mol. The van der Waals surface area contributed by atoms with Crippen LogP contribution in [0, 0.1) is 6.92 Å². The summed E-state index contributed by atoms with van der Waals surface area (Å²) in [4.78, 5) is 29.2. The van der Waals surface area contributed by atoms with Crippen LogP contribution in [0.2, 0.25) is 0 Å². The molecule has 0 unspecified atom stereocenters. The minimum Gasteiger partial charge on any atom is -0.494 e. The second-order valence-corrected chi connectivity index (χ2v) is 6.85. The van der Waals surface area contributed by atoms with Gasteiger partial charge < -0.3 is 14.0 Å². The average Bonchev–Trinajstić information content (AvgIpc) is 3.00. The molecule has 0 aliphatic heterocycles. The Balaban J connectivity index is 2.06. The lowest BCUT2D eigenvalue weighted by Crippen LogP contribution is -2.22. The fraction of sp³-hybridized carbons (Fsp3) is 0.250. The van der Waals surface area contributed by atoms with Crippen molar-refractivity contribution >= 4 is 33.4 Å². The van der Waals surface area contributed by atoms with Crippen LogP contribution < -0.4 is 9.54 Å². The molecule has 1 amide bonds. The number of hydrogen-bond acceptors (Lipinski definition) is 5. The van der Waals surface area contributed by atoms with E-state index in [4.69, 9.17) is 9.47 Å². The summed E-state index contributed by atoms with van der Waals surface area (Å²) < 4.78 is 12.9. The molecular formula is C20H20N2O4S. The van der Waals surface area contributed by atoms with Gasteiger partial charge >= 0.3 is 5.97 Å². The van der Waals surface area contributed by atoms with Gasteiger partial charge in [-0.25, -0.2) is 0 Å². The van der Waals surface area contributed by atoms with E-state index in [1.807, 2.05) is 32.0 Å². The minimum atomic E-state index is -0.395. The van der Waals surface area contributed by atoms with E-state index in [0.29, 0.717) is 22.7 Å². The molecule has 0 fully saturated rings. The van der Waals surface area contributed by atoms with Crippen molar-refractivity contribution < 1.29 is 19.1 Å². The van der Waals surface area contributed by atoms with E-state index in [1.54, 1.807) is 28.8 Å². The number of carbonyl (C=O) groups excluding carboxylic acids is 2. The third-order valence-electron chi connectivity index (χ3n) is 4.03. The van der Waals surface area contributed by atoms with E-state index in [9.17, 15) is 9.59 Å².